The molecule has 3 fully saturated rings. The summed E-state index contributed by atoms with van der Waals surface area (Å²) >= 11 is 0. The third-order valence-electron chi connectivity index (χ3n) is 5.96. The van der Waals surface area contributed by atoms with Crippen LogP contribution in [-0.4, -0.2) is 36.5 Å². The number of likely N-dealkylation sites (tertiary alicyclic amines) is 1. The molecule has 0 bridgehead atoms. The molecule has 2 heterocycles. The van der Waals surface area contributed by atoms with Crippen molar-refractivity contribution < 1.29 is 4.79 Å². The standard InChI is InChI=1S/C18H32N2O.ClH/c21-18(9-8-16-10-11-19-14-16)20-12-4-7-17(20)13-15-5-2-1-3-6-15;/h15-17,19H,1-14H2;1H. The van der Waals surface area contributed by atoms with E-state index in [0.717, 1.165) is 44.3 Å². The molecule has 2 aliphatic heterocycles. The van der Waals surface area contributed by atoms with E-state index in [0.29, 0.717) is 11.9 Å². The lowest BCUT2D eigenvalue weighted by Crippen LogP contribution is -2.37. The van der Waals surface area contributed by atoms with Crippen LogP contribution in [-0.2, 0) is 4.79 Å². The molecule has 4 heteroatoms. The Hall–Kier alpha value is -0.280. The van der Waals surface area contributed by atoms with E-state index < -0.39 is 0 Å². The van der Waals surface area contributed by atoms with Gasteiger partial charge in [-0.05, 0) is 57.0 Å². The van der Waals surface area contributed by atoms with E-state index >= 15 is 0 Å². The Morgan fingerprint density at radius 2 is 1.82 bits per heavy atom. The number of rotatable bonds is 5. The molecule has 3 rings (SSSR count). The van der Waals surface area contributed by atoms with Crippen LogP contribution in [0.2, 0.25) is 0 Å². The molecule has 3 aliphatic rings. The van der Waals surface area contributed by atoms with E-state index in [-0.39, 0.29) is 12.4 Å². The highest BCUT2D eigenvalue weighted by Crippen LogP contribution is 2.32. The van der Waals surface area contributed by atoms with Crippen molar-refractivity contribution >= 4 is 18.3 Å². The molecule has 0 aromatic carbocycles. The second-order valence-corrected chi connectivity index (χ2v) is 7.52. The normalized spacial score (nSPS) is 29.5. The van der Waals surface area contributed by atoms with Gasteiger partial charge in [-0.3, -0.25) is 4.79 Å². The van der Waals surface area contributed by atoms with Crippen molar-refractivity contribution in [2.24, 2.45) is 11.8 Å². The number of nitrogens with zero attached hydrogens (tertiary/aromatic N) is 1. The van der Waals surface area contributed by atoms with Crippen LogP contribution >= 0.6 is 12.4 Å². The number of hydrogen-bond acceptors (Lipinski definition) is 2. The van der Waals surface area contributed by atoms with Gasteiger partial charge in [-0.1, -0.05) is 32.1 Å². The Kier molecular flexibility index (Phi) is 7.49. The van der Waals surface area contributed by atoms with Crippen molar-refractivity contribution in [1.82, 2.24) is 10.2 Å². The SMILES string of the molecule is Cl.O=C(CCC1CCNC1)N1CCCC1CC1CCCCC1. The quantitative estimate of drug-likeness (QED) is 0.833. The fourth-order valence-corrected chi connectivity index (χ4v) is 4.65. The number of hydrogen-bond donors (Lipinski definition) is 1. The maximum absolute atomic E-state index is 12.6. The van der Waals surface area contributed by atoms with E-state index in [1.54, 1.807) is 0 Å². The van der Waals surface area contributed by atoms with Crippen molar-refractivity contribution in [1.29, 1.82) is 0 Å². The number of carbonyl (C=O) groups excluding carboxylic acids is 1. The Balaban J connectivity index is 0.00000176. The molecule has 0 radical (unpaired) electrons. The molecule has 2 unspecified atom stereocenters. The van der Waals surface area contributed by atoms with Gasteiger partial charge in [0.1, 0.15) is 0 Å². The van der Waals surface area contributed by atoms with Gasteiger partial charge in [0.05, 0.1) is 0 Å². The lowest BCUT2D eigenvalue weighted by Gasteiger charge is -2.30. The third-order valence-corrected chi connectivity index (χ3v) is 5.96. The van der Waals surface area contributed by atoms with Crippen molar-refractivity contribution in [3.05, 3.63) is 0 Å². The van der Waals surface area contributed by atoms with Crippen LogP contribution in [0.5, 0.6) is 0 Å². The van der Waals surface area contributed by atoms with Crippen LogP contribution in [0, 0.1) is 11.8 Å². The van der Waals surface area contributed by atoms with Crippen molar-refractivity contribution in [2.45, 2.75) is 76.7 Å². The highest BCUT2D eigenvalue weighted by atomic mass is 35.5. The maximum Gasteiger partial charge on any atom is 0.222 e. The van der Waals surface area contributed by atoms with Gasteiger partial charge in [0.25, 0.3) is 0 Å². The minimum absolute atomic E-state index is 0. The number of carbonyl (C=O) groups is 1. The van der Waals surface area contributed by atoms with E-state index in [9.17, 15) is 4.79 Å². The summed E-state index contributed by atoms with van der Waals surface area (Å²) < 4.78 is 0. The molecule has 22 heavy (non-hydrogen) atoms. The Labute approximate surface area is 142 Å². The summed E-state index contributed by atoms with van der Waals surface area (Å²) in [6.45, 7) is 3.30. The molecule has 1 aliphatic carbocycles. The van der Waals surface area contributed by atoms with Crippen LogP contribution in [0.4, 0.5) is 0 Å². The van der Waals surface area contributed by atoms with Gasteiger partial charge in [-0.25, -0.2) is 0 Å². The Morgan fingerprint density at radius 1 is 1.00 bits per heavy atom. The summed E-state index contributed by atoms with van der Waals surface area (Å²) in [6.07, 6.45) is 14.0. The van der Waals surface area contributed by atoms with E-state index in [1.165, 1.54) is 57.8 Å². The number of nitrogens with one attached hydrogen (secondary N) is 1. The highest BCUT2D eigenvalue weighted by Gasteiger charge is 2.31. The molecule has 0 aromatic rings. The molecule has 0 spiro atoms. The van der Waals surface area contributed by atoms with Crippen LogP contribution in [0.3, 0.4) is 0 Å². The molecular weight excluding hydrogens is 296 g/mol. The Bertz CT molecular complexity index is 338. The van der Waals surface area contributed by atoms with Crippen LogP contribution in [0.25, 0.3) is 0 Å². The predicted molar refractivity (Wildman–Crippen MR) is 93.4 cm³/mol. The molecule has 2 saturated heterocycles. The van der Waals surface area contributed by atoms with E-state index in [4.69, 9.17) is 0 Å². The molecule has 0 aromatic heterocycles. The summed E-state index contributed by atoms with van der Waals surface area (Å²) in [5.41, 5.74) is 0. The molecule has 1 amide bonds. The smallest absolute Gasteiger partial charge is 0.222 e. The largest absolute Gasteiger partial charge is 0.340 e. The zero-order valence-corrected chi connectivity index (χ0v) is 14.7. The minimum Gasteiger partial charge on any atom is -0.340 e. The fourth-order valence-electron chi connectivity index (χ4n) is 4.65. The van der Waals surface area contributed by atoms with E-state index in [2.05, 4.69) is 10.2 Å². The van der Waals surface area contributed by atoms with Gasteiger partial charge in [0.2, 0.25) is 5.91 Å². The van der Waals surface area contributed by atoms with E-state index in [1.807, 2.05) is 0 Å². The minimum atomic E-state index is 0. The first kappa shape index (κ1) is 18.1. The van der Waals surface area contributed by atoms with Crippen molar-refractivity contribution in [2.75, 3.05) is 19.6 Å². The topological polar surface area (TPSA) is 32.3 Å². The molecular formula is C18H33ClN2O. The van der Waals surface area contributed by atoms with Crippen molar-refractivity contribution in [3.63, 3.8) is 0 Å². The second-order valence-electron chi connectivity index (χ2n) is 7.52. The lowest BCUT2D eigenvalue weighted by atomic mass is 9.84. The molecule has 3 nitrogen and oxygen atoms in total. The molecule has 128 valence electrons. The summed E-state index contributed by atoms with van der Waals surface area (Å²) in [4.78, 5) is 14.8. The van der Waals surface area contributed by atoms with Gasteiger partial charge < -0.3 is 10.2 Å². The monoisotopic (exact) mass is 328 g/mol. The Morgan fingerprint density at radius 3 is 2.55 bits per heavy atom. The van der Waals surface area contributed by atoms with Gasteiger partial charge in [-0.2, -0.15) is 0 Å². The summed E-state index contributed by atoms with van der Waals surface area (Å²) in [6, 6.07) is 0.572. The van der Waals surface area contributed by atoms with Crippen LogP contribution < -0.4 is 5.32 Å². The highest BCUT2D eigenvalue weighted by molar-refractivity contribution is 5.85. The molecule has 2 atom stereocenters. The first-order chi connectivity index (χ1) is 10.3. The summed E-state index contributed by atoms with van der Waals surface area (Å²) in [7, 11) is 0. The van der Waals surface area contributed by atoms with Gasteiger partial charge in [0, 0.05) is 19.0 Å². The first-order valence-corrected chi connectivity index (χ1v) is 9.33. The third kappa shape index (κ3) is 4.86. The zero-order valence-electron chi connectivity index (χ0n) is 13.9. The van der Waals surface area contributed by atoms with Crippen molar-refractivity contribution in [3.8, 4) is 0 Å². The average Bonchev–Trinajstić information content (AvgIpc) is 3.17. The van der Waals surface area contributed by atoms with Gasteiger partial charge in [-0.15, -0.1) is 12.4 Å². The maximum atomic E-state index is 12.6. The van der Waals surface area contributed by atoms with Crippen LogP contribution in [0.15, 0.2) is 0 Å². The van der Waals surface area contributed by atoms with Gasteiger partial charge in [0.15, 0.2) is 0 Å². The average molecular weight is 329 g/mol. The number of halogens is 1. The second kappa shape index (κ2) is 9.12. The first-order valence-electron chi connectivity index (χ1n) is 9.33. The summed E-state index contributed by atoms with van der Waals surface area (Å²) in [5, 5.41) is 3.40. The molecule has 1 saturated carbocycles. The summed E-state index contributed by atoms with van der Waals surface area (Å²) in [5.74, 6) is 2.09. The lowest BCUT2D eigenvalue weighted by molar-refractivity contribution is -0.132. The fraction of sp³-hybridized carbons (Fsp3) is 0.944. The number of amides is 1. The van der Waals surface area contributed by atoms with Gasteiger partial charge >= 0.3 is 0 Å². The van der Waals surface area contributed by atoms with Crippen LogP contribution in [0.1, 0.15) is 70.6 Å². The predicted octanol–water partition coefficient (Wildman–Crippen LogP) is 3.76. The molecule has 1 N–H and O–H groups in total. The zero-order chi connectivity index (χ0) is 14.5.